The number of rotatable bonds is 6. The molecule has 0 saturated heterocycles. The summed E-state index contributed by atoms with van der Waals surface area (Å²) < 4.78 is 0. The van der Waals surface area contributed by atoms with Crippen molar-refractivity contribution in [3.8, 4) is 0 Å². The fourth-order valence-electron chi connectivity index (χ4n) is 1.29. The third-order valence-electron chi connectivity index (χ3n) is 2.28. The minimum absolute atomic E-state index is 0.681. The number of nitrogens with one attached hydrogen (secondary N) is 2. The van der Waals surface area contributed by atoms with Gasteiger partial charge in [-0.05, 0) is 26.3 Å². The van der Waals surface area contributed by atoms with E-state index >= 15 is 0 Å². The van der Waals surface area contributed by atoms with Crippen LogP contribution in [0.2, 0.25) is 0 Å². The Hall–Kier alpha value is -0.0800. The lowest BCUT2D eigenvalue weighted by Gasteiger charge is -2.15. The Morgan fingerprint density at radius 3 is 2.64 bits per heavy atom. The van der Waals surface area contributed by atoms with E-state index < -0.39 is 0 Å². The molecule has 1 aliphatic carbocycles. The molecule has 0 heterocycles. The molecule has 11 heavy (non-hydrogen) atoms. The van der Waals surface area contributed by atoms with E-state index in [2.05, 4.69) is 24.6 Å². The molecule has 1 unspecified atom stereocenters. The van der Waals surface area contributed by atoms with Crippen molar-refractivity contribution in [3.05, 3.63) is 0 Å². The van der Waals surface area contributed by atoms with Crippen LogP contribution in [0.15, 0.2) is 0 Å². The molecule has 0 bridgehead atoms. The lowest BCUT2D eigenvalue weighted by molar-refractivity contribution is 0.474. The third-order valence-corrected chi connectivity index (χ3v) is 2.28. The van der Waals surface area contributed by atoms with Crippen LogP contribution in [0.25, 0.3) is 0 Å². The maximum atomic E-state index is 3.53. The van der Waals surface area contributed by atoms with Gasteiger partial charge < -0.3 is 10.6 Å². The third kappa shape index (κ3) is 3.73. The van der Waals surface area contributed by atoms with E-state index in [1.54, 1.807) is 0 Å². The summed E-state index contributed by atoms with van der Waals surface area (Å²) in [4.78, 5) is 0. The topological polar surface area (TPSA) is 24.1 Å². The van der Waals surface area contributed by atoms with Crippen LogP contribution in [0.3, 0.4) is 0 Å². The molecule has 0 spiro atoms. The SMILES string of the molecule is CCCC(CNC1CC1)NC. The summed E-state index contributed by atoms with van der Waals surface area (Å²) in [5, 5.41) is 6.85. The molecule has 0 aromatic rings. The summed E-state index contributed by atoms with van der Waals surface area (Å²) in [6.45, 7) is 3.39. The first-order chi connectivity index (χ1) is 5.36. The lowest BCUT2D eigenvalue weighted by atomic mass is 10.2. The minimum Gasteiger partial charge on any atom is -0.316 e. The van der Waals surface area contributed by atoms with Crippen molar-refractivity contribution in [1.29, 1.82) is 0 Å². The Morgan fingerprint density at radius 2 is 2.18 bits per heavy atom. The van der Waals surface area contributed by atoms with Crippen molar-refractivity contribution in [2.24, 2.45) is 0 Å². The average Bonchev–Trinajstić information content (AvgIpc) is 2.81. The fourth-order valence-corrected chi connectivity index (χ4v) is 1.29. The van der Waals surface area contributed by atoms with Crippen LogP contribution in [0.4, 0.5) is 0 Å². The molecule has 1 saturated carbocycles. The maximum Gasteiger partial charge on any atom is 0.0189 e. The molecule has 0 aliphatic heterocycles. The van der Waals surface area contributed by atoms with Crippen molar-refractivity contribution in [1.82, 2.24) is 10.6 Å². The van der Waals surface area contributed by atoms with Crippen LogP contribution < -0.4 is 10.6 Å². The quantitative estimate of drug-likeness (QED) is 0.602. The normalized spacial score (nSPS) is 20.2. The zero-order chi connectivity index (χ0) is 8.10. The first-order valence-corrected chi connectivity index (χ1v) is 4.77. The van der Waals surface area contributed by atoms with Gasteiger partial charge in [-0.2, -0.15) is 0 Å². The van der Waals surface area contributed by atoms with Crippen molar-refractivity contribution in [2.75, 3.05) is 13.6 Å². The van der Waals surface area contributed by atoms with E-state index in [4.69, 9.17) is 0 Å². The predicted octanol–water partition coefficient (Wildman–Crippen LogP) is 1.13. The molecule has 0 radical (unpaired) electrons. The molecule has 66 valence electrons. The Kier molecular flexibility index (Phi) is 3.87. The first-order valence-electron chi connectivity index (χ1n) is 4.77. The van der Waals surface area contributed by atoms with Gasteiger partial charge in [0.05, 0.1) is 0 Å². The van der Waals surface area contributed by atoms with E-state index in [1.807, 2.05) is 0 Å². The van der Waals surface area contributed by atoms with E-state index in [0.29, 0.717) is 6.04 Å². The molecule has 1 rings (SSSR count). The standard InChI is InChI=1S/C9H20N2/c1-3-4-9(10-2)7-11-8-5-6-8/h8-11H,3-7H2,1-2H3. The van der Waals surface area contributed by atoms with Gasteiger partial charge in [0.25, 0.3) is 0 Å². The minimum atomic E-state index is 0.681. The Labute approximate surface area is 69.8 Å². The molecule has 0 amide bonds. The monoisotopic (exact) mass is 156 g/mol. The summed E-state index contributed by atoms with van der Waals surface area (Å²) >= 11 is 0. The number of hydrogen-bond acceptors (Lipinski definition) is 2. The molecule has 1 atom stereocenters. The Balaban J connectivity index is 1.98. The highest BCUT2D eigenvalue weighted by atomic mass is 15.0. The van der Waals surface area contributed by atoms with E-state index in [-0.39, 0.29) is 0 Å². The lowest BCUT2D eigenvalue weighted by Crippen LogP contribution is -2.37. The molecule has 1 fully saturated rings. The van der Waals surface area contributed by atoms with Crippen LogP contribution in [-0.2, 0) is 0 Å². The van der Waals surface area contributed by atoms with Gasteiger partial charge in [-0.25, -0.2) is 0 Å². The summed E-state index contributed by atoms with van der Waals surface area (Å²) in [6, 6.07) is 1.53. The summed E-state index contributed by atoms with van der Waals surface area (Å²) in [6.07, 6.45) is 5.35. The molecule has 2 heteroatoms. The average molecular weight is 156 g/mol. The second-order valence-electron chi connectivity index (χ2n) is 3.46. The van der Waals surface area contributed by atoms with E-state index in [0.717, 1.165) is 12.6 Å². The van der Waals surface area contributed by atoms with Crippen LogP contribution in [0.1, 0.15) is 32.6 Å². The van der Waals surface area contributed by atoms with Gasteiger partial charge in [0.15, 0.2) is 0 Å². The van der Waals surface area contributed by atoms with Crippen LogP contribution in [0.5, 0.6) is 0 Å². The highest BCUT2D eigenvalue weighted by Gasteiger charge is 2.20. The highest BCUT2D eigenvalue weighted by Crippen LogP contribution is 2.18. The molecular formula is C9H20N2. The fraction of sp³-hybridized carbons (Fsp3) is 1.00. The largest absolute Gasteiger partial charge is 0.316 e. The first kappa shape index (κ1) is 9.01. The zero-order valence-electron chi connectivity index (χ0n) is 7.69. The van der Waals surface area contributed by atoms with E-state index in [9.17, 15) is 0 Å². The van der Waals surface area contributed by atoms with Gasteiger partial charge in [0.2, 0.25) is 0 Å². The highest BCUT2D eigenvalue weighted by molar-refractivity contribution is 4.82. The molecule has 2 N–H and O–H groups in total. The van der Waals surface area contributed by atoms with Gasteiger partial charge in [0.1, 0.15) is 0 Å². The van der Waals surface area contributed by atoms with Crippen LogP contribution in [-0.4, -0.2) is 25.7 Å². The van der Waals surface area contributed by atoms with Crippen LogP contribution >= 0.6 is 0 Å². The van der Waals surface area contributed by atoms with Crippen LogP contribution in [0, 0.1) is 0 Å². The number of likely N-dealkylation sites (N-methyl/N-ethyl adjacent to an activating group) is 1. The van der Waals surface area contributed by atoms with E-state index in [1.165, 1.54) is 25.7 Å². The van der Waals surface area contributed by atoms with Gasteiger partial charge in [0, 0.05) is 18.6 Å². The second-order valence-corrected chi connectivity index (χ2v) is 3.46. The van der Waals surface area contributed by atoms with Crippen molar-refractivity contribution >= 4 is 0 Å². The number of hydrogen-bond donors (Lipinski definition) is 2. The Bertz CT molecular complexity index is 99.7. The molecule has 2 nitrogen and oxygen atoms in total. The maximum absolute atomic E-state index is 3.53. The summed E-state index contributed by atoms with van der Waals surface area (Å²) in [5.74, 6) is 0. The molecular weight excluding hydrogens is 136 g/mol. The molecule has 0 aromatic carbocycles. The predicted molar refractivity (Wildman–Crippen MR) is 48.8 cm³/mol. The summed E-state index contributed by atoms with van der Waals surface area (Å²) in [7, 11) is 2.05. The van der Waals surface area contributed by atoms with Gasteiger partial charge in [-0.3, -0.25) is 0 Å². The van der Waals surface area contributed by atoms with Crippen molar-refractivity contribution in [3.63, 3.8) is 0 Å². The van der Waals surface area contributed by atoms with Gasteiger partial charge >= 0.3 is 0 Å². The molecule has 0 aromatic heterocycles. The van der Waals surface area contributed by atoms with Gasteiger partial charge in [-0.15, -0.1) is 0 Å². The molecule has 1 aliphatic rings. The Morgan fingerprint density at radius 1 is 1.45 bits per heavy atom. The second kappa shape index (κ2) is 4.73. The smallest absolute Gasteiger partial charge is 0.0189 e. The van der Waals surface area contributed by atoms with Gasteiger partial charge in [-0.1, -0.05) is 13.3 Å². The zero-order valence-corrected chi connectivity index (χ0v) is 7.69. The van der Waals surface area contributed by atoms with Crippen molar-refractivity contribution in [2.45, 2.75) is 44.7 Å². The summed E-state index contributed by atoms with van der Waals surface area (Å²) in [5.41, 5.74) is 0. The van der Waals surface area contributed by atoms with Crippen molar-refractivity contribution < 1.29 is 0 Å².